The minimum Gasteiger partial charge on any atom is -0.367 e. The van der Waals surface area contributed by atoms with Crippen molar-refractivity contribution in [1.82, 2.24) is 15.5 Å². The molecule has 0 aliphatic carbocycles. The van der Waals surface area contributed by atoms with E-state index in [-0.39, 0.29) is 0 Å². The first-order valence-electron chi connectivity index (χ1n) is 8.43. The zero-order chi connectivity index (χ0) is 16.9. The van der Waals surface area contributed by atoms with Crippen molar-refractivity contribution in [3.63, 3.8) is 0 Å². The highest BCUT2D eigenvalue weighted by atomic mass is 15.3. The van der Waals surface area contributed by atoms with Gasteiger partial charge in [-0.3, -0.25) is 0 Å². The van der Waals surface area contributed by atoms with Crippen molar-refractivity contribution in [1.29, 1.82) is 5.26 Å². The monoisotopic (exact) mass is 321 g/mol. The van der Waals surface area contributed by atoms with E-state index in [0.717, 1.165) is 43.0 Å². The van der Waals surface area contributed by atoms with E-state index < -0.39 is 0 Å². The van der Waals surface area contributed by atoms with Gasteiger partial charge in [-0.25, -0.2) is 0 Å². The fourth-order valence-corrected chi connectivity index (χ4v) is 3.01. The molecule has 1 aromatic heterocycles. The minimum absolute atomic E-state index is 0.423. The average molecular weight is 321 g/mol. The molecule has 0 atom stereocenters. The first-order valence-corrected chi connectivity index (χ1v) is 8.43. The second-order valence-electron chi connectivity index (χ2n) is 6.76. The molecule has 24 heavy (non-hydrogen) atoms. The van der Waals surface area contributed by atoms with Crippen molar-refractivity contribution in [3.05, 3.63) is 53.3 Å². The highest BCUT2D eigenvalue weighted by Gasteiger charge is 2.28. The van der Waals surface area contributed by atoms with Gasteiger partial charge in [-0.15, -0.1) is 0 Å². The maximum absolute atomic E-state index is 9.37. The van der Waals surface area contributed by atoms with Crippen LogP contribution in [0.25, 0.3) is 0 Å². The molecular weight excluding hydrogens is 298 g/mol. The van der Waals surface area contributed by atoms with Gasteiger partial charge in [0.25, 0.3) is 0 Å². The molecule has 0 spiro atoms. The van der Waals surface area contributed by atoms with E-state index in [4.69, 9.17) is 0 Å². The molecule has 1 fully saturated rings. The van der Waals surface area contributed by atoms with Crippen LogP contribution in [0.3, 0.4) is 0 Å². The van der Waals surface area contributed by atoms with Gasteiger partial charge in [0.05, 0.1) is 16.9 Å². The maximum Gasteiger partial charge on any atom is 0.101 e. The summed E-state index contributed by atoms with van der Waals surface area (Å²) < 4.78 is 0. The predicted molar refractivity (Wildman–Crippen MR) is 94.6 cm³/mol. The fourth-order valence-electron chi connectivity index (χ4n) is 3.01. The lowest BCUT2D eigenvalue weighted by atomic mass is 9.98. The van der Waals surface area contributed by atoms with Crippen molar-refractivity contribution >= 4 is 5.69 Å². The molecule has 5 nitrogen and oxygen atoms in total. The summed E-state index contributed by atoms with van der Waals surface area (Å²) in [6.07, 6.45) is 2.73. The van der Waals surface area contributed by atoms with Crippen molar-refractivity contribution in [2.24, 2.45) is 5.92 Å². The van der Waals surface area contributed by atoms with Crippen LogP contribution in [0, 0.1) is 17.2 Å². The molecule has 0 radical (unpaired) electrons. The van der Waals surface area contributed by atoms with Gasteiger partial charge in [0.1, 0.15) is 6.07 Å². The van der Waals surface area contributed by atoms with Gasteiger partial charge in [-0.05, 0) is 42.2 Å². The summed E-state index contributed by atoms with van der Waals surface area (Å²) in [5, 5.41) is 20.8. The highest BCUT2D eigenvalue weighted by Crippen LogP contribution is 2.27. The lowest BCUT2D eigenvalue weighted by molar-refractivity contribution is 0.415. The summed E-state index contributed by atoms with van der Waals surface area (Å²) in [4.78, 5) is 2.27. The van der Waals surface area contributed by atoms with E-state index in [1.54, 1.807) is 6.20 Å². The van der Waals surface area contributed by atoms with Crippen molar-refractivity contribution < 1.29 is 0 Å². The number of hydrogen-bond donors (Lipinski definition) is 1. The topological polar surface area (TPSA) is 64.8 Å². The number of benzene rings is 1. The molecule has 0 saturated carbocycles. The minimum atomic E-state index is 0.423. The number of nitrogens with zero attached hydrogens (tertiary/aromatic N) is 4. The molecule has 1 aliphatic rings. The fraction of sp³-hybridized carbons (Fsp3) is 0.421. The van der Waals surface area contributed by atoms with Crippen LogP contribution >= 0.6 is 0 Å². The number of nitriles is 1. The van der Waals surface area contributed by atoms with E-state index in [2.05, 4.69) is 52.5 Å². The third-order valence-electron chi connectivity index (χ3n) is 4.25. The number of nitrogens with one attached hydrogen (secondary N) is 1. The zero-order valence-electron chi connectivity index (χ0n) is 14.2. The van der Waals surface area contributed by atoms with Crippen LogP contribution in [0.4, 0.5) is 5.69 Å². The Morgan fingerprint density at radius 2 is 2.17 bits per heavy atom. The maximum atomic E-state index is 9.37. The molecule has 2 aromatic rings. The van der Waals surface area contributed by atoms with Gasteiger partial charge < -0.3 is 10.2 Å². The molecule has 0 unspecified atom stereocenters. The Morgan fingerprint density at radius 1 is 1.33 bits per heavy atom. The molecule has 1 aliphatic heterocycles. The third kappa shape index (κ3) is 3.90. The molecule has 1 aromatic carbocycles. The normalized spacial score (nSPS) is 14.5. The summed E-state index contributed by atoms with van der Waals surface area (Å²) in [6.45, 7) is 6.99. The summed E-state index contributed by atoms with van der Waals surface area (Å²) in [6, 6.07) is 12.8. The second-order valence-corrected chi connectivity index (χ2v) is 6.76. The summed E-state index contributed by atoms with van der Waals surface area (Å²) in [7, 11) is 0. The molecule has 1 saturated heterocycles. The Morgan fingerprint density at radius 3 is 2.83 bits per heavy atom. The van der Waals surface area contributed by atoms with E-state index in [0.29, 0.717) is 12.0 Å². The van der Waals surface area contributed by atoms with Crippen molar-refractivity contribution in [2.45, 2.75) is 32.9 Å². The quantitative estimate of drug-likeness (QED) is 0.885. The number of rotatable bonds is 6. The van der Waals surface area contributed by atoms with Gasteiger partial charge in [-0.1, -0.05) is 19.9 Å². The summed E-state index contributed by atoms with van der Waals surface area (Å²) in [5.74, 6) is 0.614. The van der Waals surface area contributed by atoms with Crippen molar-refractivity contribution in [3.8, 4) is 6.07 Å². The van der Waals surface area contributed by atoms with Gasteiger partial charge >= 0.3 is 0 Å². The molecule has 124 valence electrons. The summed E-state index contributed by atoms with van der Waals surface area (Å²) >= 11 is 0. The first kappa shape index (κ1) is 16.4. The first-order chi connectivity index (χ1) is 11.7. The van der Waals surface area contributed by atoms with Crippen LogP contribution in [-0.2, 0) is 13.0 Å². The largest absolute Gasteiger partial charge is 0.367 e. The molecule has 3 rings (SSSR count). The van der Waals surface area contributed by atoms with E-state index in [1.165, 1.54) is 5.56 Å². The Hall–Kier alpha value is -2.45. The Balaban J connectivity index is 1.59. The third-order valence-corrected chi connectivity index (χ3v) is 4.25. The highest BCUT2D eigenvalue weighted by molar-refractivity contribution is 5.62. The van der Waals surface area contributed by atoms with Crippen LogP contribution in [0.15, 0.2) is 36.5 Å². The Bertz CT molecular complexity index is 714. The van der Waals surface area contributed by atoms with E-state index in [9.17, 15) is 5.26 Å². The van der Waals surface area contributed by atoms with Gasteiger partial charge in [0, 0.05) is 31.9 Å². The number of anilines is 1. The summed E-state index contributed by atoms with van der Waals surface area (Å²) in [5.41, 5.74) is 4.07. The molecule has 0 bridgehead atoms. The zero-order valence-corrected chi connectivity index (χ0v) is 14.2. The number of aromatic nitrogens is 2. The van der Waals surface area contributed by atoms with Gasteiger partial charge in [0.2, 0.25) is 0 Å². The molecule has 0 amide bonds. The lowest BCUT2D eigenvalue weighted by Gasteiger charge is -2.42. The Kier molecular flexibility index (Phi) is 5.07. The average Bonchev–Trinajstić information content (AvgIpc) is 2.54. The predicted octanol–water partition coefficient (Wildman–Crippen LogP) is 2.53. The standard InChI is InChI=1S/C19H23N5/c1-14(2)8-15-5-6-16(10-20)19(9-15)24-12-18(13-24)21-11-17-4-3-7-22-23-17/h3-7,9,14,18,21H,8,11-13H2,1-2H3. The second kappa shape index (κ2) is 7.41. The molecule has 1 N–H and O–H groups in total. The number of hydrogen-bond acceptors (Lipinski definition) is 5. The SMILES string of the molecule is CC(C)Cc1ccc(C#N)c(N2CC(NCc3cccnn3)C2)c1. The van der Waals surface area contributed by atoms with Crippen LogP contribution in [0.1, 0.15) is 30.7 Å². The van der Waals surface area contributed by atoms with E-state index >= 15 is 0 Å². The molecular formula is C19H23N5. The Labute approximate surface area is 143 Å². The van der Waals surface area contributed by atoms with Gasteiger partial charge in [0.15, 0.2) is 0 Å². The van der Waals surface area contributed by atoms with Crippen LogP contribution in [-0.4, -0.2) is 29.3 Å². The smallest absolute Gasteiger partial charge is 0.101 e. The van der Waals surface area contributed by atoms with Crippen LogP contribution in [0.2, 0.25) is 0 Å². The van der Waals surface area contributed by atoms with Crippen LogP contribution in [0.5, 0.6) is 0 Å². The molecule has 5 heteroatoms. The van der Waals surface area contributed by atoms with Gasteiger partial charge in [-0.2, -0.15) is 15.5 Å². The van der Waals surface area contributed by atoms with Crippen LogP contribution < -0.4 is 10.2 Å². The van der Waals surface area contributed by atoms with E-state index in [1.807, 2.05) is 18.2 Å². The molecule has 2 heterocycles. The van der Waals surface area contributed by atoms with Crippen molar-refractivity contribution in [2.75, 3.05) is 18.0 Å². The lowest BCUT2D eigenvalue weighted by Crippen LogP contribution is -2.58.